The van der Waals surface area contributed by atoms with Crippen molar-refractivity contribution in [2.24, 2.45) is 17.8 Å². The van der Waals surface area contributed by atoms with Crippen molar-refractivity contribution in [3.8, 4) is 11.5 Å². The number of alkyl halides is 8. The topological polar surface area (TPSA) is 104 Å². The van der Waals surface area contributed by atoms with Crippen molar-refractivity contribution in [1.29, 1.82) is 0 Å². The normalized spacial score (nSPS) is 27.7. The maximum absolute atomic E-state index is 15.2. The highest BCUT2D eigenvalue weighted by molar-refractivity contribution is 6.58. The Morgan fingerprint density at radius 2 is 1.30 bits per heavy atom. The standard InChI is InChI=1S/C35H19Cl2F11N2O6/c1-56-19-5-2-11(6-18(19)51)21-15-3-4-16-20(29(53)49(28(16)52)14-8-12(34(43,44)45)7-13(9-14)35(46,47)48)17(15)10-32(36)30(54)50(31(55)33(21,32)37)27-25(41)23(39)22(38)24(40)26(27)42/h2-3,5-9,16-17,20-21,51H,4,10H2,1H3. The number of carbonyl (C=O) groups is 4. The number of phenols is 1. The largest absolute Gasteiger partial charge is 0.504 e. The number of anilines is 2. The predicted molar refractivity (Wildman–Crippen MR) is 170 cm³/mol. The molecule has 2 heterocycles. The van der Waals surface area contributed by atoms with Gasteiger partial charge in [0.25, 0.3) is 11.8 Å². The molecule has 2 aliphatic heterocycles. The van der Waals surface area contributed by atoms with E-state index in [2.05, 4.69) is 0 Å². The fourth-order valence-corrected chi connectivity index (χ4v) is 9.08. The molecule has 0 bridgehead atoms. The molecule has 21 heteroatoms. The summed E-state index contributed by atoms with van der Waals surface area (Å²) in [6, 6.07) is 3.33. The van der Waals surface area contributed by atoms with Crippen LogP contribution in [-0.4, -0.2) is 45.6 Å². The molecule has 4 aliphatic rings. The number of rotatable bonds is 4. The van der Waals surface area contributed by atoms with Gasteiger partial charge in [0.05, 0.1) is 35.8 Å². The van der Waals surface area contributed by atoms with E-state index in [1.54, 1.807) is 0 Å². The van der Waals surface area contributed by atoms with Crippen LogP contribution in [0.3, 0.4) is 0 Å². The highest BCUT2D eigenvalue weighted by Crippen LogP contribution is 2.66. The van der Waals surface area contributed by atoms with Crippen LogP contribution in [0.4, 0.5) is 59.7 Å². The number of hydrogen-bond acceptors (Lipinski definition) is 6. The van der Waals surface area contributed by atoms with Crippen molar-refractivity contribution in [2.75, 3.05) is 16.9 Å². The van der Waals surface area contributed by atoms with Crippen LogP contribution < -0.4 is 14.5 Å². The summed E-state index contributed by atoms with van der Waals surface area (Å²) in [4.78, 5) is 50.3. The second-order valence-corrected chi connectivity index (χ2v) is 14.6. The zero-order valence-electron chi connectivity index (χ0n) is 27.6. The SMILES string of the molecule is COc1ccc(C2C3=CCC4C(=O)N(c5cc(C(F)(F)F)cc(C(F)(F)F)c5)C(=O)C4C3CC3(Cl)C(=O)N(c4c(F)c(F)c(F)c(F)c4F)C(=O)C23Cl)cc1O. The van der Waals surface area contributed by atoms with Crippen LogP contribution in [0.15, 0.2) is 48.0 Å². The van der Waals surface area contributed by atoms with Crippen LogP contribution in [0, 0.1) is 46.8 Å². The molecule has 1 N–H and O–H groups in total. The van der Waals surface area contributed by atoms with Gasteiger partial charge in [-0.2, -0.15) is 26.3 Å². The Labute approximate surface area is 316 Å². The number of imide groups is 2. The van der Waals surface area contributed by atoms with Crippen molar-refractivity contribution in [1.82, 2.24) is 0 Å². The molecule has 2 saturated heterocycles. The molecule has 56 heavy (non-hydrogen) atoms. The summed E-state index contributed by atoms with van der Waals surface area (Å²) in [6.45, 7) is 0. The highest BCUT2D eigenvalue weighted by atomic mass is 35.5. The fraction of sp³-hybridized carbons (Fsp3) is 0.314. The van der Waals surface area contributed by atoms with Gasteiger partial charge in [0.1, 0.15) is 5.69 Å². The van der Waals surface area contributed by atoms with Gasteiger partial charge in [0.15, 0.2) is 44.5 Å². The number of hydrogen-bond donors (Lipinski definition) is 1. The van der Waals surface area contributed by atoms with E-state index in [9.17, 15) is 63.8 Å². The summed E-state index contributed by atoms with van der Waals surface area (Å²) in [5.41, 5.74) is -7.19. The third kappa shape index (κ3) is 5.25. The quantitative estimate of drug-likeness (QED) is 0.0716. The Morgan fingerprint density at radius 1 is 0.750 bits per heavy atom. The zero-order chi connectivity index (χ0) is 41.4. The summed E-state index contributed by atoms with van der Waals surface area (Å²) in [5.74, 6) is -26.8. The predicted octanol–water partition coefficient (Wildman–Crippen LogP) is 7.90. The summed E-state index contributed by atoms with van der Waals surface area (Å²) in [5, 5.41) is 10.7. The number of aromatic hydroxyl groups is 1. The molecule has 0 spiro atoms. The Morgan fingerprint density at radius 3 is 1.82 bits per heavy atom. The minimum absolute atomic E-state index is 0.106. The molecule has 8 nitrogen and oxygen atoms in total. The van der Waals surface area contributed by atoms with Crippen LogP contribution in [0.5, 0.6) is 11.5 Å². The minimum atomic E-state index is -5.38. The lowest BCUT2D eigenvalue weighted by Crippen LogP contribution is -2.60. The minimum Gasteiger partial charge on any atom is -0.504 e. The molecule has 296 valence electrons. The van der Waals surface area contributed by atoms with Gasteiger partial charge in [-0.1, -0.05) is 17.7 Å². The third-order valence-electron chi connectivity index (χ3n) is 10.6. The molecule has 3 aromatic rings. The van der Waals surface area contributed by atoms with Gasteiger partial charge >= 0.3 is 12.4 Å². The summed E-state index contributed by atoms with van der Waals surface area (Å²) in [7, 11) is 1.15. The van der Waals surface area contributed by atoms with Gasteiger partial charge in [-0.15, -0.1) is 23.2 Å². The zero-order valence-corrected chi connectivity index (χ0v) is 29.1. The lowest BCUT2D eigenvalue weighted by Gasteiger charge is -2.50. The molecule has 6 unspecified atom stereocenters. The summed E-state index contributed by atoms with van der Waals surface area (Å²) >= 11 is 14.0. The second-order valence-electron chi connectivity index (χ2n) is 13.4. The number of benzene rings is 3. The average Bonchev–Trinajstić information content (AvgIpc) is 3.46. The Balaban J connectivity index is 1.42. The van der Waals surface area contributed by atoms with Gasteiger partial charge in [0.2, 0.25) is 17.6 Å². The Hall–Kier alpha value is -4.91. The highest BCUT2D eigenvalue weighted by Gasteiger charge is 2.77. The van der Waals surface area contributed by atoms with Gasteiger partial charge in [-0.3, -0.25) is 19.2 Å². The molecule has 0 radical (unpaired) electrons. The van der Waals surface area contributed by atoms with Crippen molar-refractivity contribution in [3.63, 3.8) is 0 Å². The van der Waals surface area contributed by atoms with Crippen LogP contribution in [0.25, 0.3) is 0 Å². The number of halogens is 13. The van der Waals surface area contributed by atoms with Crippen LogP contribution in [0.2, 0.25) is 0 Å². The van der Waals surface area contributed by atoms with E-state index in [0.717, 1.165) is 19.2 Å². The molecule has 0 aromatic heterocycles. The van der Waals surface area contributed by atoms with Crippen LogP contribution in [0.1, 0.15) is 35.4 Å². The fourth-order valence-electron chi connectivity index (χ4n) is 8.15. The number of fused-ring (bicyclic) bond motifs is 4. The van der Waals surface area contributed by atoms with E-state index < -0.39 is 144 Å². The van der Waals surface area contributed by atoms with Gasteiger partial charge in [-0.25, -0.2) is 31.8 Å². The number of nitrogens with zero attached hydrogens (tertiary/aromatic N) is 2. The second kappa shape index (κ2) is 12.5. The molecule has 4 amide bonds. The van der Waals surface area contributed by atoms with Crippen molar-refractivity contribution >= 4 is 58.2 Å². The molecule has 3 fully saturated rings. The van der Waals surface area contributed by atoms with E-state index in [4.69, 9.17) is 27.9 Å². The van der Waals surface area contributed by atoms with E-state index in [0.29, 0.717) is 0 Å². The first-order valence-corrected chi connectivity index (χ1v) is 16.7. The van der Waals surface area contributed by atoms with E-state index in [1.165, 1.54) is 12.1 Å². The summed E-state index contributed by atoms with van der Waals surface area (Å²) < 4.78 is 161. The lowest BCUT2D eigenvalue weighted by atomic mass is 9.56. The Kier molecular flexibility index (Phi) is 8.81. The number of phenolic OH excluding ortho intramolecular Hbond substituents is 1. The first-order valence-electron chi connectivity index (χ1n) is 15.9. The maximum atomic E-state index is 15.2. The number of amides is 4. The smallest absolute Gasteiger partial charge is 0.416 e. The van der Waals surface area contributed by atoms with Gasteiger partial charge < -0.3 is 9.84 Å². The molecular weight excluding hydrogens is 824 g/mol. The van der Waals surface area contributed by atoms with Crippen molar-refractivity contribution < 1.29 is 77.3 Å². The van der Waals surface area contributed by atoms with Crippen molar-refractivity contribution in [3.05, 3.63) is 93.8 Å². The van der Waals surface area contributed by atoms with Crippen molar-refractivity contribution in [2.45, 2.75) is 40.9 Å². The summed E-state index contributed by atoms with van der Waals surface area (Å²) in [6.07, 6.45) is -11.0. The van der Waals surface area contributed by atoms with E-state index >= 15 is 8.78 Å². The lowest BCUT2D eigenvalue weighted by molar-refractivity contribution is -0.143. The first kappa shape index (κ1) is 39.3. The maximum Gasteiger partial charge on any atom is 0.416 e. The van der Waals surface area contributed by atoms with Gasteiger partial charge in [0, 0.05) is 5.92 Å². The molecule has 2 aliphatic carbocycles. The number of ether oxygens (including phenoxy) is 1. The third-order valence-corrected chi connectivity index (χ3v) is 12.0. The Bertz CT molecular complexity index is 2270. The van der Waals surface area contributed by atoms with E-state index in [1.807, 2.05) is 0 Å². The molecule has 6 atom stereocenters. The monoisotopic (exact) mass is 842 g/mol. The van der Waals surface area contributed by atoms with Crippen LogP contribution >= 0.6 is 23.2 Å². The first-order chi connectivity index (χ1) is 25.9. The number of methoxy groups -OCH3 is 1. The number of carbonyl (C=O) groups excluding carboxylic acids is 4. The van der Waals surface area contributed by atoms with Gasteiger partial charge in [-0.05, 0) is 54.7 Å². The average molecular weight is 843 g/mol. The molecule has 1 saturated carbocycles. The van der Waals surface area contributed by atoms with E-state index in [-0.39, 0.29) is 40.0 Å². The van der Waals surface area contributed by atoms with Crippen LogP contribution in [-0.2, 0) is 31.5 Å². The molecular formula is C35H19Cl2F11N2O6. The molecule has 3 aromatic carbocycles. The molecule has 7 rings (SSSR count). The number of allylic oxidation sites excluding steroid dienone is 2.